The van der Waals surface area contributed by atoms with Gasteiger partial charge in [0.25, 0.3) is 0 Å². The standard InChI is InChI=1S/C9H16N2O2/c1-3-11-9(13)5-4-6-10(11)7-8(2)12/h3-7H2,1-2H3. The molecule has 13 heavy (non-hydrogen) atoms. The number of rotatable bonds is 3. The van der Waals surface area contributed by atoms with Crippen molar-refractivity contribution in [3.63, 3.8) is 0 Å². The van der Waals surface area contributed by atoms with Crippen LogP contribution in [0.25, 0.3) is 0 Å². The van der Waals surface area contributed by atoms with E-state index in [-0.39, 0.29) is 11.7 Å². The molecule has 0 spiro atoms. The van der Waals surface area contributed by atoms with Gasteiger partial charge in [0.2, 0.25) is 5.91 Å². The van der Waals surface area contributed by atoms with Crippen molar-refractivity contribution in [1.82, 2.24) is 10.0 Å². The maximum atomic E-state index is 11.4. The van der Waals surface area contributed by atoms with Gasteiger partial charge in [0.1, 0.15) is 5.78 Å². The highest BCUT2D eigenvalue weighted by molar-refractivity contribution is 5.79. The van der Waals surface area contributed by atoms with Crippen LogP contribution in [0.3, 0.4) is 0 Å². The second-order valence-electron chi connectivity index (χ2n) is 3.30. The molecule has 1 amide bonds. The summed E-state index contributed by atoms with van der Waals surface area (Å²) in [6.45, 7) is 5.31. The number of Topliss-reactive ketones (excluding diaryl/α,β-unsaturated/α-hetero) is 1. The molecule has 0 atom stereocenters. The Labute approximate surface area is 78.5 Å². The van der Waals surface area contributed by atoms with Gasteiger partial charge in [0.05, 0.1) is 6.54 Å². The zero-order valence-corrected chi connectivity index (χ0v) is 8.25. The van der Waals surface area contributed by atoms with Gasteiger partial charge in [0, 0.05) is 19.5 Å². The molecule has 0 bridgehead atoms. The summed E-state index contributed by atoms with van der Waals surface area (Å²) in [5.41, 5.74) is 0. The van der Waals surface area contributed by atoms with Crippen molar-refractivity contribution in [2.75, 3.05) is 19.6 Å². The summed E-state index contributed by atoms with van der Waals surface area (Å²) in [6.07, 6.45) is 1.48. The first-order valence-electron chi connectivity index (χ1n) is 4.69. The van der Waals surface area contributed by atoms with Gasteiger partial charge in [-0.1, -0.05) is 0 Å². The summed E-state index contributed by atoms with van der Waals surface area (Å²) >= 11 is 0. The molecular weight excluding hydrogens is 168 g/mol. The van der Waals surface area contributed by atoms with Crippen LogP contribution in [0.1, 0.15) is 26.7 Å². The molecule has 0 aromatic heterocycles. The Morgan fingerprint density at radius 2 is 2.23 bits per heavy atom. The maximum Gasteiger partial charge on any atom is 0.236 e. The molecule has 0 aromatic rings. The molecular formula is C9H16N2O2. The van der Waals surface area contributed by atoms with Gasteiger partial charge in [-0.25, -0.2) is 5.01 Å². The molecule has 1 heterocycles. The molecule has 1 fully saturated rings. The molecule has 1 rings (SSSR count). The number of hydrazine groups is 1. The minimum atomic E-state index is 0.105. The van der Waals surface area contributed by atoms with Crippen LogP contribution in [0.5, 0.6) is 0 Å². The fourth-order valence-corrected chi connectivity index (χ4v) is 1.62. The van der Waals surface area contributed by atoms with E-state index < -0.39 is 0 Å². The van der Waals surface area contributed by atoms with Gasteiger partial charge in [0.15, 0.2) is 0 Å². The largest absolute Gasteiger partial charge is 0.298 e. The lowest BCUT2D eigenvalue weighted by molar-refractivity contribution is -0.156. The summed E-state index contributed by atoms with van der Waals surface area (Å²) in [7, 11) is 0. The van der Waals surface area contributed by atoms with Crippen molar-refractivity contribution < 1.29 is 9.59 Å². The predicted octanol–water partition coefficient (Wildman–Crippen LogP) is 0.435. The Hall–Kier alpha value is -0.900. The van der Waals surface area contributed by atoms with E-state index in [1.165, 1.54) is 0 Å². The number of carbonyl (C=O) groups is 2. The van der Waals surface area contributed by atoms with E-state index in [9.17, 15) is 9.59 Å². The van der Waals surface area contributed by atoms with Gasteiger partial charge < -0.3 is 0 Å². The maximum absolute atomic E-state index is 11.4. The lowest BCUT2D eigenvalue weighted by atomic mass is 10.2. The smallest absolute Gasteiger partial charge is 0.236 e. The Kier molecular flexibility index (Phi) is 3.42. The molecule has 4 nitrogen and oxygen atoms in total. The predicted molar refractivity (Wildman–Crippen MR) is 48.9 cm³/mol. The minimum Gasteiger partial charge on any atom is -0.298 e. The monoisotopic (exact) mass is 184 g/mol. The average Bonchev–Trinajstić information content (AvgIpc) is 2.03. The lowest BCUT2D eigenvalue weighted by Crippen LogP contribution is -2.51. The van der Waals surface area contributed by atoms with Crippen molar-refractivity contribution >= 4 is 11.7 Å². The highest BCUT2D eigenvalue weighted by Crippen LogP contribution is 2.11. The van der Waals surface area contributed by atoms with E-state index in [0.717, 1.165) is 13.0 Å². The van der Waals surface area contributed by atoms with Crippen molar-refractivity contribution in [1.29, 1.82) is 0 Å². The number of hydrogen-bond donors (Lipinski definition) is 0. The number of ketones is 1. The molecule has 0 radical (unpaired) electrons. The second-order valence-corrected chi connectivity index (χ2v) is 3.30. The molecule has 1 saturated heterocycles. The normalized spacial score (nSPS) is 19.2. The SMILES string of the molecule is CCN1C(=O)CCCN1CC(C)=O. The number of nitrogens with zero attached hydrogens (tertiary/aromatic N) is 2. The van der Waals surface area contributed by atoms with Crippen molar-refractivity contribution in [3.05, 3.63) is 0 Å². The summed E-state index contributed by atoms with van der Waals surface area (Å²) in [6, 6.07) is 0. The fourth-order valence-electron chi connectivity index (χ4n) is 1.62. The van der Waals surface area contributed by atoms with Crippen LogP contribution in [-0.4, -0.2) is 41.3 Å². The average molecular weight is 184 g/mol. The second kappa shape index (κ2) is 4.37. The zero-order valence-electron chi connectivity index (χ0n) is 8.25. The van der Waals surface area contributed by atoms with Crippen LogP contribution in [0.4, 0.5) is 0 Å². The van der Waals surface area contributed by atoms with Gasteiger partial charge in [-0.2, -0.15) is 0 Å². The van der Waals surface area contributed by atoms with E-state index in [1.54, 1.807) is 11.9 Å². The molecule has 0 unspecified atom stereocenters. The van der Waals surface area contributed by atoms with Crippen LogP contribution >= 0.6 is 0 Å². The zero-order chi connectivity index (χ0) is 9.84. The topological polar surface area (TPSA) is 40.6 Å². The first-order chi connectivity index (χ1) is 6.15. The summed E-state index contributed by atoms with van der Waals surface area (Å²) in [5.74, 6) is 0.239. The molecule has 4 heteroatoms. The highest BCUT2D eigenvalue weighted by atomic mass is 16.2. The third kappa shape index (κ3) is 2.52. The highest BCUT2D eigenvalue weighted by Gasteiger charge is 2.24. The molecule has 0 aliphatic carbocycles. The fraction of sp³-hybridized carbons (Fsp3) is 0.778. The lowest BCUT2D eigenvalue weighted by Gasteiger charge is -2.37. The van der Waals surface area contributed by atoms with E-state index in [0.29, 0.717) is 19.5 Å². The van der Waals surface area contributed by atoms with E-state index in [4.69, 9.17) is 0 Å². The van der Waals surface area contributed by atoms with E-state index in [2.05, 4.69) is 0 Å². The Morgan fingerprint density at radius 1 is 1.54 bits per heavy atom. The Bertz CT molecular complexity index is 216. The van der Waals surface area contributed by atoms with Gasteiger partial charge in [-0.15, -0.1) is 0 Å². The number of hydrogen-bond acceptors (Lipinski definition) is 3. The van der Waals surface area contributed by atoms with Crippen molar-refractivity contribution in [2.24, 2.45) is 0 Å². The van der Waals surface area contributed by atoms with E-state index >= 15 is 0 Å². The third-order valence-corrected chi connectivity index (χ3v) is 2.14. The molecule has 0 saturated carbocycles. The third-order valence-electron chi connectivity index (χ3n) is 2.14. The molecule has 74 valence electrons. The van der Waals surface area contributed by atoms with E-state index in [1.807, 2.05) is 11.9 Å². The Morgan fingerprint density at radius 3 is 2.77 bits per heavy atom. The summed E-state index contributed by atoms with van der Waals surface area (Å²) in [4.78, 5) is 22.3. The van der Waals surface area contributed by atoms with Crippen LogP contribution in [0, 0.1) is 0 Å². The van der Waals surface area contributed by atoms with Gasteiger partial charge in [-0.05, 0) is 20.3 Å². The van der Waals surface area contributed by atoms with Crippen LogP contribution in [-0.2, 0) is 9.59 Å². The van der Waals surface area contributed by atoms with Crippen molar-refractivity contribution in [3.8, 4) is 0 Å². The number of carbonyl (C=O) groups excluding carboxylic acids is 2. The number of amides is 1. The van der Waals surface area contributed by atoms with Crippen molar-refractivity contribution in [2.45, 2.75) is 26.7 Å². The molecule has 1 aliphatic heterocycles. The molecule has 0 N–H and O–H groups in total. The molecule has 1 aliphatic rings. The first kappa shape index (κ1) is 10.2. The molecule has 0 aromatic carbocycles. The van der Waals surface area contributed by atoms with Crippen LogP contribution in [0.2, 0.25) is 0 Å². The van der Waals surface area contributed by atoms with Crippen LogP contribution in [0.15, 0.2) is 0 Å². The van der Waals surface area contributed by atoms with Gasteiger partial charge >= 0.3 is 0 Å². The summed E-state index contributed by atoms with van der Waals surface area (Å²) in [5, 5.41) is 3.51. The Balaban J connectivity index is 2.59. The van der Waals surface area contributed by atoms with Crippen LogP contribution < -0.4 is 0 Å². The minimum absolute atomic E-state index is 0.105. The summed E-state index contributed by atoms with van der Waals surface area (Å²) < 4.78 is 0. The van der Waals surface area contributed by atoms with Gasteiger partial charge in [-0.3, -0.25) is 14.6 Å². The first-order valence-corrected chi connectivity index (χ1v) is 4.69. The quantitative estimate of drug-likeness (QED) is 0.639.